The predicted octanol–water partition coefficient (Wildman–Crippen LogP) is 4.29. The molecule has 0 amide bonds. The van der Waals surface area contributed by atoms with E-state index in [1.165, 1.54) is 12.1 Å². The first-order valence-corrected chi connectivity index (χ1v) is 10.7. The molecule has 1 aromatic heterocycles. The van der Waals surface area contributed by atoms with Gasteiger partial charge in [0.15, 0.2) is 0 Å². The Morgan fingerprint density at radius 3 is 2.27 bits per heavy atom. The summed E-state index contributed by atoms with van der Waals surface area (Å²) in [6.07, 6.45) is 0. The third-order valence-corrected chi connectivity index (χ3v) is 6.04. The van der Waals surface area contributed by atoms with Gasteiger partial charge >= 0.3 is 0 Å². The number of anilines is 1. The number of nitrogen functional groups attached to an aromatic ring is 1. The van der Waals surface area contributed by atoms with Crippen LogP contribution in [0.1, 0.15) is 5.56 Å². The van der Waals surface area contributed by atoms with Gasteiger partial charge in [0.2, 0.25) is 5.55 Å². The SMILES string of the molecule is COc1ccc(-c2c(N)c3ccccc3o/c2=N\S(=O)(=O)c2ccc(C)cc2)cc1. The van der Waals surface area contributed by atoms with Crippen molar-refractivity contribution < 1.29 is 17.6 Å². The maximum absolute atomic E-state index is 13.0. The highest BCUT2D eigenvalue weighted by atomic mass is 32.2. The standard InChI is InChI=1S/C23H20N2O4S/c1-15-7-13-18(14-8-15)30(26,27)25-23-21(16-9-11-17(28-2)12-10-16)22(24)19-5-3-4-6-20(19)29-23/h3-14H,24H2,1-2H3/b25-23-. The number of nitrogens with two attached hydrogens (primary N) is 1. The molecule has 0 radical (unpaired) electrons. The molecule has 4 rings (SSSR count). The van der Waals surface area contributed by atoms with Crippen LogP contribution < -0.4 is 16.0 Å². The summed E-state index contributed by atoms with van der Waals surface area (Å²) in [5.74, 6) is 0.667. The first-order chi connectivity index (χ1) is 14.4. The first-order valence-electron chi connectivity index (χ1n) is 9.22. The van der Waals surface area contributed by atoms with E-state index in [0.717, 1.165) is 5.56 Å². The molecule has 0 unspecified atom stereocenters. The van der Waals surface area contributed by atoms with E-state index in [1.807, 2.05) is 19.1 Å². The summed E-state index contributed by atoms with van der Waals surface area (Å²) in [7, 11) is -2.43. The molecule has 0 atom stereocenters. The van der Waals surface area contributed by atoms with Gasteiger partial charge in [-0.05, 0) is 48.9 Å². The van der Waals surface area contributed by atoms with Crippen molar-refractivity contribution in [3.63, 3.8) is 0 Å². The van der Waals surface area contributed by atoms with Crippen LogP contribution in [0.3, 0.4) is 0 Å². The zero-order valence-electron chi connectivity index (χ0n) is 16.5. The highest BCUT2D eigenvalue weighted by molar-refractivity contribution is 7.90. The zero-order chi connectivity index (χ0) is 21.3. The van der Waals surface area contributed by atoms with Crippen molar-refractivity contribution in [1.82, 2.24) is 0 Å². The van der Waals surface area contributed by atoms with Crippen LogP contribution in [0.15, 0.2) is 86.5 Å². The lowest BCUT2D eigenvalue weighted by Crippen LogP contribution is -2.13. The lowest BCUT2D eigenvalue weighted by Gasteiger charge is -2.10. The van der Waals surface area contributed by atoms with Crippen LogP contribution in [0.25, 0.3) is 22.1 Å². The smallest absolute Gasteiger partial charge is 0.285 e. The molecule has 0 fully saturated rings. The Morgan fingerprint density at radius 1 is 0.933 bits per heavy atom. The third kappa shape index (κ3) is 3.67. The van der Waals surface area contributed by atoms with Crippen LogP contribution in [0.4, 0.5) is 5.69 Å². The average Bonchev–Trinajstić information content (AvgIpc) is 2.74. The number of hydrogen-bond donors (Lipinski definition) is 1. The summed E-state index contributed by atoms with van der Waals surface area (Å²) in [4.78, 5) is 0.0794. The van der Waals surface area contributed by atoms with Crippen molar-refractivity contribution in [2.75, 3.05) is 12.8 Å². The second kappa shape index (κ2) is 7.68. The van der Waals surface area contributed by atoms with Crippen molar-refractivity contribution in [2.45, 2.75) is 11.8 Å². The topological polar surface area (TPSA) is 94.9 Å². The molecule has 6 nitrogen and oxygen atoms in total. The van der Waals surface area contributed by atoms with Crippen molar-refractivity contribution in [3.05, 3.63) is 83.9 Å². The molecule has 0 bridgehead atoms. The molecule has 152 valence electrons. The van der Waals surface area contributed by atoms with Crippen LogP contribution in [0.2, 0.25) is 0 Å². The number of aryl methyl sites for hydroxylation is 1. The van der Waals surface area contributed by atoms with E-state index in [0.29, 0.717) is 33.5 Å². The highest BCUT2D eigenvalue weighted by Crippen LogP contribution is 2.30. The lowest BCUT2D eigenvalue weighted by atomic mass is 10.0. The highest BCUT2D eigenvalue weighted by Gasteiger charge is 2.18. The fraction of sp³-hybridized carbons (Fsp3) is 0.0870. The van der Waals surface area contributed by atoms with Crippen molar-refractivity contribution in [2.24, 2.45) is 4.40 Å². The van der Waals surface area contributed by atoms with Gasteiger partial charge in [-0.3, -0.25) is 0 Å². The van der Waals surface area contributed by atoms with Gasteiger partial charge in [0.1, 0.15) is 11.3 Å². The minimum absolute atomic E-state index is 0.0723. The third-order valence-electron chi connectivity index (χ3n) is 4.77. The molecule has 3 aromatic carbocycles. The number of rotatable bonds is 4. The zero-order valence-corrected chi connectivity index (χ0v) is 17.3. The Hall–Kier alpha value is -3.58. The molecule has 30 heavy (non-hydrogen) atoms. The van der Waals surface area contributed by atoms with E-state index >= 15 is 0 Å². The van der Waals surface area contributed by atoms with Gasteiger partial charge in [-0.25, -0.2) is 0 Å². The minimum Gasteiger partial charge on any atom is -0.497 e. The lowest BCUT2D eigenvalue weighted by molar-refractivity contribution is 0.415. The van der Waals surface area contributed by atoms with Gasteiger partial charge in [-0.2, -0.15) is 8.42 Å². The Bertz CT molecular complexity index is 1390. The van der Waals surface area contributed by atoms with Gasteiger partial charge < -0.3 is 14.9 Å². The molecule has 7 heteroatoms. The summed E-state index contributed by atoms with van der Waals surface area (Å²) in [5.41, 5.74) is 9.25. The normalized spacial score (nSPS) is 12.3. The Balaban J connectivity index is 2.02. The van der Waals surface area contributed by atoms with E-state index in [4.69, 9.17) is 14.9 Å². The molecule has 0 aliphatic carbocycles. The van der Waals surface area contributed by atoms with Crippen LogP contribution in [0.5, 0.6) is 5.75 Å². The van der Waals surface area contributed by atoms with Gasteiger partial charge in [0.25, 0.3) is 10.0 Å². The fourth-order valence-electron chi connectivity index (χ4n) is 3.16. The fourth-order valence-corrected chi connectivity index (χ4v) is 4.09. The second-order valence-electron chi connectivity index (χ2n) is 6.80. The quantitative estimate of drug-likeness (QED) is 0.531. The molecule has 4 aromatic rings. The maximum Gasteiger partial charge on any atom is 0.285 e. The number of nitrogens with zero attached hydrogens (tertiary/aromatic N) is 1. The average molecular weight is 420 g/mol. The van der Waals surface area contributed by atoms with E-state index in [1.54, 1.807) is 55.6 Å². The van der Waals surface area contributed by atoms with Gasteiger partial charge in [0.05, 0.1) is 23.3 Å². The van der Waals surface area contributed by atoms with E-state index in [9.17, 15) is 8.42 Å². The largest absolute Gasteiger partial charge is 0.497 e. The summed E-state index contributed by atoms with van der Waals surface area (Å²) >= 11 is 0. The molecule has 0 aliphatic rings. The molecule has 2 N–H and O–H groups in total. The first kappa shape index (κ1) is 19.7. The number of sulfonamides is 1. The monoisotopic (exact) mass is 420 g/mol. The summed E-state index contributed by atoms with van der Waals surface area (Å²) in [5, 5.41) is 0.676. The molecule has 0 saturated heterocycles. The van der Waals surface area contributed by atoms with Crippen LogP contribution in [0, 0.1) is 6.92 Å². The van der Waals surface area contributed by atoms with Crippen LogP contribution in [-0.4, -0.2) is 15.5 Å². The second-order valence-corrected chi connectivity index (χ2v) is 8.40. The minimum atomic E-state index is -4.01. The van der Waals surface area contributed by atoms with Crippen molar-refractivity contribution in [1.29, 1.82) is 0 Å². The van der Waals surface area contributed by atoms with E-state index in [-0.39, 0.29) is 10.4 Å². The number of para-hydroxylation sites is 1. The number of methoxy groups -OCH3 is 1. The van der Waals surface area contributed by atoms with E-state index < -0.39 is 10.0 Å². The van der Waals surface area contributed by atoms with Crippen LogP contribution in [-0.2, 0) is 10.0 Å². The molecular weight excluding hydrogens is 400 g/mol. The summed E-state index contributed by atoms with van der Waals surface area (Å²) in [6, 6.07) is 20.8. The maximum atomic E-state index is 13.0. The van der Waals surface area contributed by atoms with Gasteiger partial charge in [0, 0.05) is 5.39 Å². The number of fused-ring (bicyclic) bond motifs is 1. The Morgan fingerprint density at radius 2 is 1.60 bits per heavy atom. The van der Waals surface area contributed by atoms with Crippen molar-refractivity contribution >= 4 is 26.7 Å². The van der Waals surface area contributed by atoms with Gasteiger partial charge in [-0.15, -0.1) is 4.40 Å². The number of hydrogen-bond acceptors (Lipinski definition) is 5. The predicted molar refractivity (Wildman–Crippen MR) is 117 cm³/mol. The summed E-state index contributed by atoms with van der Waals surface area (Å²) in [6.45, 7) is 1.88. The Labute approximate surface area is 174 Å². The van der Waals surface area contributed by atoms with Crippen LogP contribution >= 0.6 is 0 Å². The molecule has 0 aliphatic heterocycles. The number of benzene rings is 3. The Kier molecular flexibility index (Phi) is 5.05. The number of ether oxygens (including phenoxy) is 1. The molecular formula is C23H20N2O4S. The van der Waals surface area contributed by atoms with Gasteiger partial charge in [-0.1, -0.05) is 42.0 Å². The molecule has 0 spiro atoms. The molecule has 0 saturated carbocycles. The molecule has 1 heterocycles. The summed E-state index contributed by atoms with van der Waals surface area (Å²) < 4.78 is 41.0. The van der Waals surface area contributed by atoms with E-state index in [2.05, 4.69) is 4.40 Å². The van der Waals surface area contributed by atoms with Crippen molar-refractivity contribution in [3.8, 4) is 16.9 Å².